The number of hydrogen-bond donors (Lipinski definition) is 2. The minimum absolute atomic E-state index is 0.0269. The lowest BCUT2D eigenvalue weighted by Gasteiger charge is -2.33. The summed E-state index contributed by atoms with van der Waals surface area (Å²) in [5.74, 6) is -1.50. The molecule has 1 aliphatic heterocycles. The molecule has 16 heavy (non-hydrogen) atoms. The van der Waals surface area contributed by atoms with E-state index in [0.717, 1.165) is 6.42 Å². The standard InChI is InChI=1S/C11H20N2O3/c1-7(8(2)12)10(14)13-5-3-4-9(6-13)11(15)16/h7-9H,3-6,12H2,1-2H3,(H,15,16)/t7?,8?,9-/m1/s1. The third-order valence-corrected chi connectivity index (χ3v) is 3.26. The van der Waals surface area contributed by atoms with Gasteiger partial charge in [0.2, 0.25) is 5.91 Å². The van der Waals surface area contributed by atoms with Crippen LogP contribution in [0.5, 0.6) is 0 Å². The number of carbonyl (C=O) groups is 2. The van der Waals surface area contributed by atoms with E-state index in [1.807, 2.05) is 0 Å². The Kier molecular flexibility index (Phi) is 4.29. The molecule has 5 nitrogen and oxygen atoms in total. The summed E-state index contributed by atoms with van der Waals surface area (Å²) in [6.07, 6.45) is 1.42. The number of rotatable bonds is 3. The van der Waals surface area contributed by atoms with Crippen LogP contribution in [0.25, 0.3) is 0 Å². The number of likely N-dealkylation sites (tertiary alicyclic amines) is 1. The number of nitrogens with zero attached hydrogens (tertiary/aromatic N) is 1. The molecule has 0 spiro atoms. The van der Waals surface area contributed by atoms with Gasteiger partial charge in [-0.2, -0.15) is 0 Å². The van der Waals surface area contributed by atoms with Gasteiger partial charge >= 0.3 is 5.97 Å². The molecule has 5 heteroatoms. The maximum atomic E-state index is 12.0. The van der Waals surface area contributed by atoms with Gasteiger partial charge in [-0.05, 0) is 19.8 Å². The molecule has 0 bridgehead atoms. The Labute approximate surface area is 95.6 Å². The second-order valence-electron chi connectivity index (χ2n) is 4.61. The minimum atomic E-state index is -0.814. The Hall–Kier alpha value is -1.10. The van der Waals surface area contributed by atoms with Gasteiger partial charge in [-0.15, -0.1) is 0 Å². The van der Waals surface area contributed by atoms with Crippen molar-refractivity contribution in [3.8, 4) is 0 Å². The molecule has 2 unspecified atom stereocenters. The molecule has 1 heterocycles. The van der Waals surface area contributed by atoms with E-state index in [1.165, 1.54) is 0 Å². The first kappa shape index (κ1) is 13.0. The van der Waals surface area contributed by atoms with Crippen LogP contribution in [0.2, 0.25) is 0 Å². The van der Waals surface area contributed by atoms with Gasteiger partial charge in [-0.25, -0.2) is 0 Å². The van der Waals surface area contributed by atoms with Crippen LogP contribution in [0.3, 0.4) is 0 Å². The lowest BCUT2D eigenvalue weighted by molar-refractivity contribution is -0.146. The highest BCUT2D eigenvalue weighted by Crippen LogP contribution is 2.19. The van der Waals surface area contributed by atoms with Gasteiger partial charge in [0.05, 0.1) is 11.8 Å². The number of aliphatic carboxylic acids is 1. The first-order valence-electron chi connectivity index (χ1n) is 5.70. The average molecular weight is 228 g/mol. The second-order valence-corrected chi connectivity index (χ2v) is 4.61. The SMILES string of the molecule is CC(N)C(C)C(=O)N1CCC[C@@H](C(=O)O)C1. The number of carboxylic acids is 1. The van der Waals surface area contributed by atoms with Crippen LogP contribution in [0.4, 0.5) is 0 Å². The van der Waals surface area contributed by atoms with E-state index in [-0.39, 0.29) is 17.9 Å². The maximum Gasteiger partial charge on any atom is 0.308 e. The molecule has 0 aliphatic carbocycles. The molecule has 0 radical (unpaired) electrons. The van der Waals surface area contributed by atoms with E-state index >= 15 is 0 Å². The first-order chi connectivity index (χ1) is 7.43. The fraction of sp³-hybridized carbons (Fsp3) is 0.818. The lowest BCUT2D eigenvalue weighted by Crippen LogP contribution is -2.47. The summed E-state index contributed by atoms with van der Waals surface area (Å²) in [6, 6.07) is -0.197. The molecule has 0 aromatic heterocycles. The summed E-state index contributed by atoms with van der Waals surface area (Å²) in [4.78, 5) is 24.5. The summed E-state index contributed by atoms with van der Waals surface area (Å²) >= 11 is 0. The highest BCUT2D eigenvalue weighted by atomic mass is 16.4. The van der Waals surface area contributed by atoms with Crippen molar-refractivity contribution in [2.75, 3.05) is 13.1 Å². The van der Waals surface area contributed by atoms with E-state index < -0.39 is 11.9 Å². The summed E-state index contributed by atoms with van der Waals surface area (Å²) < 4.78 is 0. The Balaban J connectivity index is 2.60. The molecule has 1 rings (SSSR count). The molecular weight excluding hydrogens is 208 g/mol. The number of amides is 1. The molecule has 3 N–H and O–H groups in total. The molecule has 0 aromatic rings. The van der Waals surface area contributed by atoms with Crippen molar-refractivity contribution in [2.24, 2.45) is 17.6 Å². The Morgan fingerprint density at radius 1 is 1.44 bits per heavy atom. The van der Waals surface area contributed by atoms with Crippen LogP contribution in [0.15, 0.2) is 0 Å². The molecule has 3 atom stereocenters. The van der Waals surface area contributed by atoms with Crippen LogP contribution in [0.1, 0.15) is 26.7 Å². The van der Waals surface area contributed by atoms with Crippen molar-refractivity contribution < 1.29 is 14.7 Å². The van der Waals surface area contributed by atoms with Gasteiger partial charge in [-0.3, -0.25) is 9.59 Å². The fourth-order valence-electron chi connectivity index (χ4n) is 1.89. The van der Waals surface area contributed by atoms with Gasteiger partial charge in [0.25, 0.3) is 0 Å². The smallest absolute Gasteiger partial charge is 0.308 e. The van der Waals surface area contributed by atoms with Gasteiger partial charge in [-0.1, -0.05) is 6.92 Å². The minimum Gasteiger partial charge on any atom is -0.481 e. The van der Waals surface area contributed by atoms with Crippen molar-refractivity contribution in [1.29, 1.82) is 0 Å². The Morgan fingerprint density at radius 3 is 2.56 bits per heavy atom. The van der Waals surface area contributed by atoms with Crippen molar-refractivity contribution in [3.63, 3.8) is 0 Å². The lowest BCUT2D eigenvalue weighted by atomic mass is 9.95. The number of carbonyl (C=O) groups excluding carboxylic acids is 1. The predicted molar refractivity (Wildman–Crippen MR) is 59.8 cm³/mol. The molecule has 1 saturated heterocycles. The summed E-state index contributed by atoms with van der Waals surface area (Å²) in [6.45, 7) is 4.56. The first-order valence-corrected chi connectivity index (χ1v) is 5.70. The van der Waals surface area contributed by atoms with Crippen molar-refractivity contribution >= 4 is 11.9 Å². The third-order valence-electron chi connectivity index (χ3n) is 3.26. The molecule has 1 amide bonds. The van der Waals surface area contributed by atoms with Crippen LogP contribution < -0.4 is 5.73 Å². The number of carboxylic acid groups (broad SMARTS) is 1. The van der Waals surface area contributed by atoms with Crippen LogP contribution >= 0.6 is 0 Å². The zero-order valence-corrected chi connectivity index (χ0v) is 9.85. The molecule has 0 aromatic carbocycles. The number of nitrogens with two attached hydrogens (primary N) is 1. The average Bonchev–Trinajstić information content (AvgIpc) is 2.27. The monoisotopic (exact) mass is 228 g/mol. The molecule has 92 valence electrons. The fourth-order valence-corrected chi connectivity index (χ4v) is 1.89. The highest BCUT2D eigenvalue weighted by molar-refractivity contribution is 5.80. The second kappa shape index (κ2) is 5.30. The normalized spacial score (nSPS) is 24.9. The van der Waals surface area contributed by atoms with E-state index in [2.05, 4.69) is 0 Å². The van der Waals surface area contributed by atoms with E-state index in [9.17, 15) is 9.59 Å². The molecule has 1 aliphatic rings. The van der Waals surface area contributed by atoms with Crippen molar-refractivity contribution in [2.45, 2.75) is 32.7 Å². The topological polar surface area (TPSA) is 83.6 Å². The zero-order valence-electron chi connectivity index (χ0n) is 9.85. The summed E-state index contributed by atoms with van der Waals surface area (Å²) in [5, 5.41) is 8.92. The zero-order chi connectivity index (χ0) is 12.3. The highest BCUT2D eigenvalue weighted by Gasteiger charge is 2.30. The molecule has 0 saturated carbocycles. The van der Waals surface area contributed by atoms with Gasteiger partial charge < -0.3 is 15.7 Å². The largest absolute Gasteiger partial charge is 0.481 e. The van der Waals surface area contributed by atoms with Crippen LogP contribution in [0, 0.1) is 11.8 Å². The predicted octanol–water partition coefficient (Wildman–Crippen LogP) is 0.293. The van der Waals surface area contributed by atoms with Crippen LogP contribution in [-0.2, 0) is 9.59 Å². The Morgan fingerprint density at radius 2 is 2.06 bits per heavy atom. The van der Waals surface area contributed by atoms with Gasteiger partial charge in [0.1, 0.15) is 0 Å². The molecule has 1 fully saturated rings. The van der Waals surface area contributed by atoms with Crippen molar-refractivity contribution in [3.05, 3.63) is 0 Å². The van der Waals surface area contributed by atoms with E-state index in [4.69, 9.17) is 10.8 Å². The van der Waals surface area contributed by atoms with Gasteiger partial charge in [0, 0.05) is 19.1 Å². The van der Waals surface area contributed by atoms with Gasteiger partial charge in [0.15, 0.2) is 0 Å². The number of hydrogen-bond acceptors (Lipinski definition) is 3. The number of piperidine rings is 1. The van der Waals surface area contributed by atoms with Crippen molar-refractivity contribution in [1.82, 2.24) is 4.90 Å². The summed E-state index contributed by atoms with van der Waals surface area (Å²) in [5.41, 5.74) is 5.67. The quantitative estimate of drug-likeness (QED) is 0.727. The van der Waals surface area contributed by atoms with E-state index in [0.29, 0.717) is 19.5 Å². The third kappa shape index (κ3) is 2.95. The van der Waals surface area contributed by atoms with E-state index in [1.54, 1.807) is 18.7 Å². The summed E-state index contributed by atoms with van der Waals surface area (Å²) in [7, 11) is 0. The molecular formula is C11H20N2O3. The Bertz CT molecular complexity index is 278. The maximum absolute atomic E-state index is 12.0. The van der Waals surface area contributed by atoms with Crippen LogP contribution in [-0.4, -0.2) is 41.0 Å².